The molecule has 1 amide bonds. The van der Waals surface area contributed by atoms with Crippen molar-refractivity contribution in [2.24, 2.45) is 5.41 Å². The maximum Gasteiger partial charge on any atom is 0.309 e. The number of nitrogens with zero attached hydrogens (tertiary/aromatic N) is 1. The molecular formula is C19H26N2O3. The molecular weight excluding hydrogens is 304 g/mol. The van der Waals surface area contributed by atoms with Gasteiger partial charge in [0.2, 0.25) is 5.91 Å². The molecule has 24 heavy (non-hydrogen) atoms. The van der Waals surface area contributed by atoms with E-state index in [1.807, 2.05) is 30.0 Å². The fourth-order valence-corrected chi connectivity index (χ4v) is 3.83. The van der Waals surface area contributed by atoms with Crippen LogP contribution in [0, 0.1) is 5.41 Å². The number of likely N-dealkylation sites (tertiary alicyclic amines) is 1. The van der Waals surface area contributed by atoms with Crippen LogP contribution in [0.3, 0.4) is 0 Å². The van der Waals surface area contributed by atoms with Crippen LogP contribution < -0.4 is 5.32 Å². The summed E-state index contributed by atoms with van der Waals surface area (Å²) in [5.74, 6) is -0.489. The highest BCUT2D eigenvalue weighted by molar-refractivity contribution is 5.77. The third-order valence-corrected chi connectivity index (χ3v) is 5.39. The molecule has 1 saturated carbocycles. The van der Waals surface area contributed by atoms with E-state index in [1.54, 1.807) is 0 Å². The van der Waals surface area contributed by atoms with Crippen LogP contribution in [0.1, 0.15) is 38.2 Å². The molecule has 1 unspecified atom stereocenters. The van der Waals surface area contributed by atoms with Crippen molar-refractivity contribution >= 4 is 11.9 Å². The van der Waals surface area contributed by atoms with E-state index in [-0.39, 0.29) is 11.9 Å². The fourth-order valence-electron chi connectivity index (χ4n) is 3.83. The molecule has 1 aromatic carbocycles. The summed E-state index contributed by atoms with van der Waals surface area (Å²) in [4.78, 5) is 25.4. The molecule has 5 nitrogen and oxygen atoms in total. The summed E-state index contributed by atoms with van der Waals surface area (Å²) in [6.07, 6.45) is 3.66. The number of benzene rings is 1. The van der Waals surface area contributed by atoms with Crippen LogP contribution in [0.5, 0.6) is 0 Å². The summed E-state index contributed by atoms with van der Waals surface area (Å²) in [6, 6.07) is 10.7. The van der Waals surface area contributed by atoms with Crippen molar-refractivity contribution in [2.45, 2.75) is 51.1 Å². The molecule has 5 heteroatoms. The highest BCUT2D eigenvalue weighted by Gasteiger charge is 2.47. The van der Waals surface area contributed by atoms with Gasteiger partial charge in [-0.3, -0.25) is 9.59 Å². The SMILES string of the molecule is CC1(C(=O)O)CC(NC2CCN(C(=O)CCc3ccccc3)C2)C1. The molecule has 2 N–H and O–H groups in total. The first-order chi connectivity index (χ1) is 11.5. The van der Waals surface area contributed by atoms with Crippen LogP contribution in [0.2, 0.25) is 0 Å². The summed E-state index contributed by atoms with van der Waals surface area (Å²) in [7, 11) is 0. The fraction of sp³-hybridized carbons (Fsp3) is 0.579. The Labute approximate surface area is 143 Å². The van der Waals surface area contributed by atoms with Gasteiger partial charge in [0.05, 0.1) is 5.41 Å². The minimum Gasteiger partial charge on any atom is -0.481 e. The van der Waals surface area contributed by atoms with Gasteiger partial charge in [0, 0.05) is 31.6 Å². The van der Waals surface area contributed by atoms with Gasteiger partial charge in [-0.2, -0.15) is 0 Å². The zero-order valence-corrected chi connectivity index (χ0v) is 14.2. The Hall–Kier alpha value is -1.88. The van der Waals surface area contributed by atoms with Gasteiger partial charge in [-0.25, -0.2) is 0 Å². The maximum absolute atomic E-state index is 12.3. The van der Waals surface area contributed by atoms with Gasteiger partial charge in [0.1, 0.15) is 0 Å². The van der Waals surface area contributed by atoms with Crippen LogP contribution in [0.4, 0.5) is 0 Å². The van der Waals surface area contributed by atoms with Crippen molar-refractivity contribution in [3.8, 4) is 0 Å². The molecule has 1 heterocycles. The predicted octanol–water partition coefficient (Wildman–Crippen LogP) is 2.06. The van der Waals surface area contributed by atoms with Gasteiger partial charge < -0.3 is 15.3 Å². The number of carbonyl (C=O) groups is 2. The first-order valence-corrected chi connectivity index (χ1v) is 8.77. The van der Waals surface area contributed by atoms with Gasteiger partial charge in [-0.05, 0) is 38.2 Å². The Morgan fingerprint density at radius 2 is 1.96 bits per heavy atom. The van der Waals surface area contributed by atoms with E-state index in [9.17, 15) is 9.59 Å². The summed E-state index contributed by atoms with van der Waals surface area (Å²) in [5, 5.41) is 12.7. The summed E-state index contributed by atoms with van der Waals surface area (Å²) in [5.41, 5.74) is 0.628. The molecule has 0 spiro atoms. The molecule has 2 fully saturated rings. The van der Waals surface area contributed by atoms with Crippen LogP contribution in [0.15, 0.2) is 30.3 Å². The van der Waals surface area contributed by atoms with Gasteiger partial charge in [0.15, 0.2) is 0 Å². The molecule has 0 aromatic heterocycles. The normalized spacial score (nSPS) is 29.3. The Morgan fingerprint density at radius 1 is 1.25 bits per heavy atom. The van der Waals surface area contributed by atoms with Crippen LogP contribution in [0.25, 0.3) is 0 Å². The van der Waals surface area contributed by atoms with E-state index >= 15 is 0 Å². The number of carbonyl (C=O) groups excluding carboxylic acids is 1. The zero-order chi connectivity index (χ0) is 17.2. The van der Waals surface area contributed by atoms with E-state index in [1.165, 1.54) is 5.56 Å². The van der Waals surface area contributed by atoms with E-state index in [0.29, 0.717) is 25.3 Å². The van der Waals surface area contributed by atoms with Gasteiger partial charge in [-0.15, -0.1) is 0 Å². The van der Waals surface area contributed by atoms with Gasteiger partial charge in [-0.1, -0.05) is 30.3 Å². The largest absolute Gasteiger partial charge is 0.481 e. The number of aryl methyl sites for hydroxylation is 1. The molecule has 1 saturated heterocycles. The first-order valence-electron chi connectivity index (χ1n) is 8.77. The van der Waals surface area contributed by atoms with E-state index in [0.717, 1.165) is 25.9 Å². The van der Waals surface area contributed by atoms with E-state index < -0.39 is 11.4 Å². The Balaban J connectivity index is 1.39. The number of carboxylic acid groups (broad SMARTS) is 1. The summed E-state index contributed by atoms with van der Waals surface area (Å²) in [6.45, 7) is 3.35. The number of hydrogen-bond donors (Lipinski definition) is 2. The van der Waals surface area contributed by atoms with Crippen molar-refractivity contribution in [3.63, 3.8) is 0 Å². The third kappa shape index (κ3) is 3.78. The lowest BCUT2D eigenvalue weighted by atomic mass is 9.67. The number of carboxylic acids is 1. The number of aliphatic carboxylic acids is 1. The van der Waals surface area contributed by atoms with Crippen LogP contribution >= 0.6 is 0 Å². The molecule has 0 radical (unpaired) electrons. The van der Waals surface area contributed by atoms with Crippen LogP contribution in [-0.4, -0.2) is 47.1 Å². The van der Waals surface area contributed by atoms with Crippen molar-refractivity contribution in [1.82, 2.24) is 10.2 Å². The maximum atomic E-state index is 12.3. The summed E-state index contributed by atoms with van der Waals surface area (Å²) >= 11 is 0. The topological polar surface area (TPSA) is 69.6 Å². The standard InChI is InChI=1S/C19H26N2O3/c1-19(18(23)24)11-16(12-19)20-15-9-10-21(13-15)17(22)8-7-14-5-3-2-4-6-14/h2-6,15-16,20H,7-13H2,1H3,(H,23,24). The molecule has 0 bridgehead atoms. The highest BCUT2D eigenvalue weighted by Crippen LogP contribution is 2.41. The Kier molecular flexibility index (Phi) is 4.90. The minimum absolute atomic E-state index is 0.215. The second kappa shape index (κ2) is 6.93. The number of rotatable bonds is 6. The predicted molar refractivity (Wildman–Crippen MR) is 91.6 cm³/mol. The van der Waals surface area contributed by atoms with Gasteiger partial charge >= 0.3 is 5.97 Å². The number of hydrogen-bond acceptors (Lipinski definition) is 3. The molecule has 1 aliphatic heterocycles. The summed E-state index contributed by atoms with van der Waals surface area (Å²) < 4.78 is 0. The number of amides is 1. The first kappa shape index (κ1) is 17.0. The monoisotopic (exact) mass is 330 g/mol. The molecule has 1 aliphatic carbocycles. The second-order valence-electron chi connectivity index (χ2n) is 7.45. The zero-order valence-electron chi connectivity index (χ0n) is 14.2. The third-order valence-electron chi connectivity index (χ3n) is 5.39. The Morgan fingerprint density at radius 3 is 2.62 bits per heavy atom. The lowest BCUT2D eigenvalue weighted by molar-refractivity contribution is -0.154. The smallest absolute Gasteiger partial charge is 0.309 e. The molecule has 1 atom stereocenters. The number of nitrogens with one attached hydrogen (secondary N) is 1. The van der Waals surface area contributed by atoms with E-state index in [4.69, 9.17) is 5.11 Å². The quantitative estimate of drug-likeness (QED) is 0.838. The molecule has 130 valence electrons. The lowest BCUT2D eigenvalue weighted by Gasteiger charge is -2.43. The van der Waals surface area contributed by atoms with Crippen molar-refractivity contribution in [2.75, 3.05) is 13.1 Å². The van der Waals surface area contributed by atoms with Crippen LogP contribution in [-0.2, 0) is 16.0 Å². The Bertz CT molecular complexity index is 596. The molecule has 3 rings (SSSR count). The van der Waals surface area contributed by atoms with Gasteiger partial charge in [0.25, 0.3) is 0 Å². The average Bonchev–Trinajstić information content (AvgIpc) is 3.00. The molecule has 1 aromatic rings. The second-order valence-corrected chi connectivity index (χ2v) is 7.45. The lowest BCUT2D eigenvalue weighted by Crippen LogP contribution is -2.54. The van der Waals surface area contributed by atoms with Crippen molar-refractivity contribution in [3.05, 3.63) is 35.9 Å². The van der Waals surface area contributed by atoms with Crippen molar-refractivity contribution < 1.29 is 14.7 Å². The molecule has 2 aliphatic rings. The average molecular weight is 330 g/mol. The minimum atomic E-state index is -0.704. The van der Waals surface area contributed by atoms with Crippen molar-refractivity contribution in [1.29, 1.82) is 0 Å². The highest BCUT2D eigenvalue weighted by atomic mass is 16.4. The van der Waals surface area contributed by atoms with E-state index in [2.05, 4.69) is 17.4 Å².